The molecule has 0 bridgehead atoms. The monoisotopic (exact) mass is 312 g/mol. The topological polar surface area (TPSA) is 75.2 Å². The number of rotatable bonds is 5. The summed E-state index contributed by atoms with van der Waals surface area (Å²) in [5, 5.41) is 3.21. The summed E-state index contributed by atoms with van der Waals surface area (Å²) in [6.07, 6.45) is 7.50. The van der Waals surface area contributed by atoms with E-state index in [1.165, 1.54) is 6.26 Å². The third-order valence-corrected chi connectivity index (χ3v) is 4.99. The van der Waals surface area contributed by atoms with Crippen molar-refractivity contribution in [2.24, 2.45) is 5.92 Å². The van der Waals surface area contributed by atoms with Gasteiger partial charge in [-0.05, 0) is 39.0 Å². The number of piperidine rings is 1. The molecule has 1 aliphatic rings. The molecular weight excluding hydrogens is 288 g/mol. The summed E-state index contributed by atoms with van der Waals surface area (Å²) in [5.41, 5.74) is 0.974. The van der Waals surface area contributed by atoms with Crippen LogP contribution in [0.3, 0.4) is 0 Å². The molecule has 0 atom stereocenters. The van der Waals surface area contributed by atoms with Crippen LogP contribution in [-0.4, -0.2) is 48.1 Å². The Balaban J connectivity index is 1.86. The molecule has 1 aromatic rings. The summed E-state index contributed by atoms with van der Waals surface area (Å²) in [4.78, 5) is 8.80. The predicted molar refractivity (Wildman–Crippen MR) is 83.6 cm³/mol. The van der Waals surface area contributed by atoms with Crippen LogP contribution in [0, 0.1) is 5.92 Å². The fraction of sp³-hybridized carbons (Fsp3) is 0.714. The van der Waals surface area contributed by atoms with Crippen molar-refractivity contribution in [2.75, 3.05) is 24.7 Å². The third-order valence-electron chi connectivity index (χ3n) is 3.68. The Hall–Kier alpha value is -1.21. The molecule has 2 heterocycles. The van der Waals surface area contributed by atoms with Gasteiger partial charge in [-0.2, -0.15) is 0 Å². The van der Waals surface area contributed by atoms with E-state index in [0.717, 1.165) is 30.8 Å². The number of sulfonamides is 1. The van der Waals surface area contributed by atoms with Gasteiger partial charge in [-0.1, -0.05) is 0 Å². The fourth-order valence-electron chi connectivity index (χ4n) is 2.57. The van der Waals surface area contributed by atoms with Crippen LogP contribution >= 0.6 is 0 Å². The van der Waals surface area contributed by atoms with Crippen molar-refractivity contribution in [3.63, 3.8) is 0 Å². The average Bonchev–Trinajstić information content (AvgIpc) is 2.40. The van der Waals surface area contributed by atoms with Gasteiger partial charge in [0.15, 0.2) is 0 Å². The molecule has 1 N–H and O–H groups in total. The molecule has 0 unspecified atom stereocenters. The number of hydrogen-bond donors (Lipinski definition) is 1. The summed E-state index contributed by atoms with van der Waals surface area (Å²) >= 11 is 0. The molecule has 1 aromatic heterocycles. The highest BCUT2D eigenvalue weighted by atomic mass is 32.2. The first-order valence-electron chi connectivity index (χ1n) is 7.37. The van der Waals surface area contributed by atoms with Gasteiger partial charge in [0, 0.05) is 19.1 Å². The van der Waals surface area contributed by atoms with Crippen LogP contribution in [0.4, 0.5) is 5.82 Å². The highest BCUT2D eigenvalue weighted by Crippen LogP contribution is 2.22. The molecule has 1 aliphatic heterocycles. The van der Waals surface area contributed by atoms with Gasteiger partial charge in [-0.25, -0.2) is 17.7 Å². The molecule has 21 heavy (non-hydrogen) atoms. The van der Waals surface area contributed by atoms with Crippen molar-refractivity contribution in [1.29, 1.82) is 0 Å². The Morgan fingerprint density at radius 2 is 1.95 bits per heavy atom. The maximum absolute atomic E-state index is 11.5. The lowest BCUT2D eigenvalue weighted by Gasteiger charge is -2.29. The second-order valence-electron chi connectivity index (χ2n) is 6.00. The summed E-state index contributed by atoms with van der Waals surface area (Å²) in [6.45, 7) is 5.35. The molecule has 1 fully saturated rings. The average molecular weight is 312 g/mol. The normalized spacial score (nSPS) is 18.1. The quantitative estimate of drug-likeness (QED) is 0.892. The SMILES string of the molecule is CC(C)Nc1cnc(CC2CCN(S(C)(=O)=O)CC2)cn1. The highest BCUT2D eigenvalue weighted by Gasteiger charge is 2.25. The third kappa shape index (κ3) is 4.93. The van der Waals surface area contributed by atoms with E-state index in [-0.39, 0.29) is 0 Å². The van der Waals surface area contributed by atoms with Crippen molar-refractivity contribution in [2.45, 2.75) is 39.2 Å². The smallest absolute Gasteiger partial charge is 0.211 e. The van der Waals surface area contributed by atoms with Crippen molar-refractivity contribution < 1.29 is 8.42 Å². The van der Waals surface area contributed by atoms with E-state index >= 15 is 0 Å². The van der Waals surface area contributed by atoms with Crippen molar-refractivity contribution >= 4 is 15.8 Å². The van der Waals surface area contributed by atoms with Gasteiger partial charge in [0.1, 0.15) is 5.82 Å². The number of aromatic nitrogens is 2. The van der Waals surface area contributed by atoms with Crippen LogP contribution in [0.25, 0.3) is 0 Å². The molecule has 2 rings (SSSR count). The molecule has 118 valence electrons. The minimum atomic E-state index is -3.04. The largest absolute Gasteiger partial charge is 0.367 e. The van der Waals surface area contributed by atoms with Gasteiger partial charge in [-0.15, -0.1) is 0 Å². The van der Waals surface area contributed by atoms with Crippen molar-refractivity contribution in [1.82, 2.24) is 14.3 Å². The van der Waals surface area contributed by atoms with E-state index in [9.17, 15) is 8.42 Å². The Bertz CT molecular complexity index is 549. The standard InChI is InChI=1S/C14H24N4O2S/c1-11(2)17-14-10-15-13(9-16-14)8-12-4-6-18(7-5-12)21(3,19)20/h9-12H,4-8H2,1-3H3,(H,16,17). The van der Waals surface area contributed by atoms with Gasteiger partial charge in [0.25, 0.3) is 0 Å². The van der Waals surface area contributed by atoms with Crippen LogP contribution in [0.1, 0.15) is 32.4 Å². The molecule has 0 radical (unpaired) electrons. The maximum atomic E-state index is 11.5. The van der Waals surface area contributed by atoms with E-state index < -0.39 is 10.0 Å². The van der Waals surface area contributed by atoms with Gasteiger partial charge >= 0.3 is 0 Å². The second-order valence-corrected chi connectivity index (χ2v) is 7.98. The maximum Gasteiger partial charge on any atom is 0.211 e. The van der Waals surface area contributed by atoms with Crippen LogP contribution in [0.15, 0.2) is 12.4 Å². The Labute approximate surface area is 127 Å². The fourth-order valence-corrected chi connectivity index (χ4v) is 3.45. The summed E-state index contributed by atoms with van der Waals surface area (Å²) in [7, 11) is -3.04. The van der Waals surface area contributed by atoms with Crippen molar-refractivity contribution in [3.8, 4) is 0 Å². The molecule has 0 saturated carbocycles. The van der Waals surface area contributed by atoms with Crippen LogP contribution in [0.5, 0.6) is 0 Å². The predicted octanol–water partition coefficient (Wildman–Crippen LogP) is 1.51. The van der Waals surface area contributed by atoms with Gasteiger partial charge in [-0.3, -0.25) is 4.98 Å². The minimum Gasteiger partial charge on any atom is -0.367 e. The van der Waals surface area contributed by atoms with Crippen LogP contribution in [-0.2, 0) is 16.4 Å². The molecule has 0 spiro atoms. The molecular formula is C14H24N4O2S. The lowest BCUT2D eigenvalue weighted by molar-refractivity contribution is 0.273. The molecule has 6 nitrogen and oxygen atoms in total. The number of nitrogens with one attached hydrogen (secondary N) is 1. The van der Waals surface area contributed by atoms with Gasteiger partial charge in [0.2, 0.25) is 10.0 Å². The second kappa shape index (κ2) is 6.70. The number of hydrogen-bond acceptors (Lipinski definition) is 5. The first kappa shape index (κ1) is 16.2. The van der Waals surface area contributed by atoms with E-state index in [4.69, 9.17) is 0 Å². The molecule has 1 saturated heterocycles. The Morgan fingerprint density at radius 3 is 2.43 bits per heavy atom. The molecule has 0 aromatic carbocycles. The summed E-state index contributed by atoms with van der Waals surface area (Å²) in [6, 6.07) is 0.338. The molecule has 7 heteroatoms. The van der Waals surface area contributed by atoms with Crippen LogP contribution in [0.2, 0.25) is 0 Å². The summed E-state index contributed by atoms with van der Waals surface area (Å²) < 4.78 is 24.5. The Kier molecular flexibility index (Phi) is 5.16. The lowest BCUT2D eigenvalue weighted by Crippen LogP contribution is -2.38. The van der Waals surface area contributed by atoms with E-state index in [1.807, 2.05) is 6.20 Å². The van der Waals surface area contributed by atoms with E-state index in [2.05, 4.69) is 29.1 Å². The van der Waals surface area contributed by atoms with Crippen molar-refractivity contribution in [3.05, 3.63) is 18.1 Å². The first-order valence-corrected chi connectivity index (χ1v) is 9.22. The number of anilines is 1. The Morgan fingerprint density at radius 1 is 1.29 bits per heavy atom. The van der Waals surface area contributed by atoms with Crippen LogP contribution < -0.4 is 5.32 Å². The minimum absolute atomic E-state index is 0.338. The number of nitrogens with zero attached hydrogens (tertiary/aromatic N) is 3. The van der Waals surface area contributed by atoms with Gasteiger partial charge < -0.3 is 5.32 Å². The lowest BCUT2D eigenvalue weighted by atomic mass is 9.93. The molecule has 0 aliphatic carbocycles. The highest BCUT2D eigenvalue weighted by molar-refractivity contribution is 7.88. The summed E-state index contributed by atoms with van der Waals surface area (Å²) in [5.74, 6) is 1.28. The zero-order valence-electron chi connectivity index (χ0n) is 12.9. The van der Waals surface area contributed by atoms with E-state index in [0.29, 0.717) is 25.0 Å². The molecule has 0 amide bonds. The van der Waals surface area contributed by atoms with E-state index in [1.54, 1.807) is 10.5 Å². The van der Waals surface area contributed by atoms with Gasteiger partial charge in [0.05, 0.1) is 24.3 Å². The zero-order valence-corrected chi connectivity index (χ0v) is 13.7. The zero-order chi connectivity index (χ0) is 15.5. The first-order chi connectivity index (χ1) is 9.84.